The molecule has 0 aliphatic carbocycles. The summed E-state index contributed by atoms with van der Waals surface area (Å²) in [5, 5.41) is 3.72. The van der Waals surface area contributed by atoms with Crippen LogP contribution in [0.15, 0.2) is 24.5 Å². The molecule has 118 valence electrons. The van der Waals surface area contributed by atoms with Gasteiger partial charge in [-0.1, -0.05) is 37.6 Å². The van der Waals surface area contributed by atoms with E-state index in [0.717, 1.165) is 17.0 Å². The van der Waals surface area contributed by atoms with E-state index in [-0.39, 0.29) is 0 Å². The van der Waals surface area contributed by atoms with Gasteiger partial charge in [-0.25, -0.2) is 9.97 Å². The summed E-state index contributed by atoms with van der Waals surface area (Å²) in [6, 6.07) is 6.33. The third kappa shape index (κ3) is 4.10. The Labute approximate surface area is 136 Å². The summed E-state index contributed by atoms with van der Waals surface area (Å²) in [6.45, 7) is 9.47. The van der Waals surface area contributed by atoms with Gasteiger partial charge in [0.25, 0.3) is 0 Å². The summed E-state index contributed by atoms with van der Waals surface area (Å²) >= 11 is 6.13. The highest BCUT2D eigenvalue weighted by atomic mass is 35.5. The second-order valence-corrected chi connectivity index (χ2v) is 5.95. The van der Waals surface area contributed by atoms with E-state index in [0.29, 0.717) is 29.9 Å². The Hall–Kier alpha value is -1.81. The van der Waals surface area contributed by atoms with Crippen molar-refractivity contribution in [3.8, 4) is 5.75 Å². The molecule has 22 heavy (non-hydrogen) atoms. The first-order valence-electron chi connectivity index (χ1n) is 7.43. The molecule has 5 heteroatoms. The molecule has 0 amide bonds. The van der Waals surface area contributed by atoms with Crippen LogP contribution in [0, 0.1) is 13.8 Å². The van der Waals surface area contributed by atoms with E-state index >= 15 is 0 Å². The molecular formula is C17H22ClN3O. The van der Waals surface area contributed by atoms with Crippen LogP contribution in [0.4, 0.5) is 5.82 Å². The number of halogens is 1. The van der Waals surface area contributed by atoms with E-state index in [1.54, 1.807) is 0 Å². The SMILES string of the molecule is Cc1cc(C(C)C)ccc1OCCNc1ncnc(C)c1Cl. The third-order valence-corrected chi connectivity index (χ3v) is 3.93. The fourth-order valence-corrected chi connectivity index (χ4v) is 2.27. The molecule has 0 fully saturated rings. The highest BCUT2D eigenvalue weighted by Crippen LogP contribution is 2.24. The lowest BCUT2D eigenvalue weighted by Gasteiger charge is -2.13. The number of nitrogens with one attached hydrogen (secondary N) is 1. The number of benzene rings is 1. The number of ether oxygens (including phenoxy) is 1. The van der Waals surface area contributed by atoms with Gasteiger partial charge in [0.1, 0.15) is 29.5 Å². The monoisotopic (exact) mass is 319 g/mol. The molecule has 0 saturated heterocycles. The average Bonchev–Trinajstić information content (AvgIpc) is 2.48. The van der Waals surface area contributed by atoms with Crippen molar-refractivity contribution in [2.75, 3.05) is 18.5 Å². The predicted octanol–water partition coefficient (Wildman–Crippen LogP) is 4.36. The fourth-order valence-electron chi connectivity index (χ4n) is 2.11. The highest BCUT2D eigenvalue weighted by Gasteiger charge is 2.06. The molecule has 0 aliphatic rings. The van der Waals surface area contributed by atoms with E-state index < -0.39 is 0 Å². The smallest absolute Gasteiger partial charge is 0.148 e. The van der Waals surface area contributed by atoms with Crippen LogP contribution in [-0.4, -0.2) is 23.1 Å². The molecule has 4 nitrogen and oxygen atoms in total. The highest BCUT2D eigenvalue weighted by molar-refractivity contribution is 6.33. The number of nitrogens with zero attached hydrogens (tertiary/aromatic N) is 2. The largest absolute Gasteiger partial charge is 0.491 e. The van der Waals surface area contributed by atoms with E-state index in [9.17, 15) is 0 Å². The van der Waals surface area contributed by atoms with Gasteiger partial charge in [0.05, 0.1) is 12.2 Å². The number of hydrogen-bond donors (Lipinski definition) is 1. The second-order valence-electron chi connectivity index (χ2n) is 5.58. The van der Waals surface area contributed by atoms with Gasteiger partial charge < -0.3 is 10.1 Å². The summed E-state index contributed by atoms with van der Waals surface area (Å²) in [5.41, 5.74) is 3.24. The summed E-state index contributed by atoms with van der Waals surface area (Å²) in [6.07, 6.45) is 1.50. The molecule has 0 aliphatic heterocycles. The Morgan fingerprint density at radius 1 is 1.23 bits per heavy atom. The van der Waals surface area contributed by atoms with Gasteiger partial charge in [-0.2, -0.15) is 0 Å². The molecule has 1 heterocycles. The Balaban J connectivity index is 1.88. The van der Waals surface area contributed by atoms with Crippen LogP contribution in [0.3, 0.4) is 0 Å². The number of aryl methyl sites for hydroxylation is 2. The van der Waals surface area contributed by atoms with Crippen LogP contribution in [0.1, 0.15) is 36.6 Å². The van der Waals surface area contributed by atoms with Gasteiger partial charge in [-0.15, -0.1) is 0 Å². The standard InChI is InChI=1S/C17H22ClN3O/c1-11(2)14-5-6-15(12(3)9-14)22-8-7-19-17-16(18)13(4)20-10-21-17/h5-6,9-11H,7-8H2,1-4H3,(H,19,20,21). The lowest BCUT2D eigenvalue weighted by Crippen LogP contribution is -2.13. The quantitative estimate of drug-likeness (QED) is 0.804. The van der Waals surface area contributed by atoms with Crippen molar-refractivity contribution in [2.45, 2.75) is 33.6 Å². The maximum Gasteiger partial charge on any atom is 0.148 e. The lowest BCUT2D eigenvalue weighted by molar-refractivity contribution is 0.330. The summed E-state index contributed by atoms with van der Waals surface area (Å²) in [4.78, 5) is 8.16. The first-order valence-corrected chi connectivity index (χ1v) is 7.81. The Morgan fingerprint density at radius 3 is 2.68 bits per heavy atom. The Bertz CT molecular complexity index is 644. The van der Waals surface area contributed by atoms with Crippen LogP contribution >= 0.6 is 11.6 Å². The molecular weight excluding hydrogens is 298 g/mol. The van der Waals surface area contributed by atoms with Crippen molar-refractivity contribution in [3.63, 3.8) is 0 Å². The molecule has 0 bridgehead atoms. The first kappa shape index (κ1) is 16.6. The van der Waals surface area contributed by atoms with Gasteiger partial charge in [0.15, 0.2) is 0 Å². The summed E-state index contributed by atoms with van der Waals surface area (Å²) in [7, 11) is 0. The molecule has 2 rings (SSSR count). The topological polar surface area (TPSA) is 47.0 Å². The molecule has 1 aromatic carbocycles. The number of aromatic nitrogens is 2. The molecule has 0 saturated carbocycles. The molecule has 0 atom stereocenters. The van der Waals surface area contributed by atoms with E-state index in [1.807, 2.05) is 13.0 Å². The number of hydrogen-bond acceptors (Lipinski definition) is 4. The van der Waals surface area contributed by atoms with Crippen molar-refractivity contribution in [3.05, 3.63) is 46.4 Å². The minimum atomic E-state index is 0.526. The maximum atomic E-state index is 6.13. The minimum Gasteiger partial charge on any atom is -0.491 e. The Kier molecular flexibility index (Phi) is 5.61. The van der Waals surface area contributed by atoms with Crippen molar-refractivity contribution in [1.29, 1.82) is 0 Å². The second kappa shape index (κ2) is 7.45. The molecule has 1 aromatic heterocycles. The normalized spacial score (nSPS) is 10.8. The fraction of sp³-hybridized carbons (Fsp3) is 0.412. The zero-order valence-corrected chi connectivity index (χ0v) is 14.2. The van der Waals surface area contributed by atoms with Gasteiger partial charge in [0, 0.05) is 0 Å². The molecule has 0 spiro atoms. The lowest BCUT2D eigenvalue weighted by atomic mass is 10.0. The average molecular weight is 320 g/mol. The number of anilines is 1. The van der Waals surface area contributed by atoms with Crippen LogP contribution in [-0.2, 0) is 0 Å². The predicted molar refractivity (Wildman–Crippen MR) is 91.0 cm³/mol. The van der Waals surface area contributed by atoms with Crippen molar-refractivity contribution >= 4 is 17.4 Å². The van der Waals surface area contributed by atoms with E-state index in [4.69, 9.17) is 16.3 Å². The van der Waals surface area contributed by atoms with Crippen molar-refractivity contribution in [2.24, 2.45) is 0 Å². The van der Waals surface area contributed by atoms with Gasteiger partial charge >= 0.3 is 0 Å². The van der Waals surface area contributed by atoms with E-state index in [2.05, 4.69) is 48.2 Å². The van der Waals surface area contributed by atoms with Gasteiger partial charge in [-0.3, -0.25) is 0 Å². The zero-order chi connectivity index (χ0) is 16.1. The molecule has 2 aromatic rings. The summed E-state index contributed by atoms with van der Waals surface area (Å²) < 4.78 is 5.81. The van der Waals surface area contributed by atoms with Crippen LogP contribution in [0.25, 0.3) is 0 Å². The van der Waals surface area contributed by atoms with Crippen LogP contribution in [0.2, 0.25) is 5.02 Å². The van der Waals surface area contributed by atoms with Crippen LogP contribution in [0.5, 0.6) is 5.75 Å². The minimum absolute atomic E-state index is 0.526. The van der Waals surface area contributed by atoms with Gasteiger partial charge in [-0.05, 0) is 37.0 Å². The first-order chi connectivity index (χ1) is 10.5. The molecule has 1 N–H and O–H groups in total. The van der Waals surface area contributed by atoms with E-state index in [1.165, 1.54) is 11.9 Å². The van der Waals surface area contributed by atoms with Gasteiger partial charge in [0.2, 0.25) is 0 Å². The molecule has 0 unspecified atom stereocenters. The van der Waals surface area contributed by atoms with Crippen LogP contribution < -0.4 is 10.1 Å². The third-order valence-electron chi connectivity index (χ3n) is 3.48. The summed E-state index contributed by atoms with van der Waals surface area (Å²) in [5.74, 6) is 2.08. The van der Waals surface area contributed by atoms with Crippen molar-refractivity contribution < 1.29 is 4.74 Å². The Morgan fingerprint density at radius 2 is 2.00 bits per heavy atom. The van der Waals surface area contributed by atoms with Crippen molar-refractivity contribution in [1.82, 2.24) is 9.97 Å². The maximum absolute atomic E-state index is 6.13. The zero-order valence-electron chi connectivity index (χ0n) is 13.5. The molecule has 0 radical (unpaired) electrons. The number of rotatable bonds is 6.